The molecule has 1 saturated carbocycles. The molecule has 1 unspecified atom stereocenters. The summed E-state index contributed by atoms with van der Waals surface area (Å²) in [5, 5.41) is 0. The second kappa shape index (κ2) is 3.03. The van der Waals surface area contributed by atoms with Crippen LogP contribution in [0.4, 0.5) is 0 Å². The number of ether oxygens (including phenoxy) is 2. The van der Waals surface area contributed by atoms with E-state index >= 15 is 0 Å². The summed E-state index contributed by atoms with van der Waals surface area (Å²) in [6.07, 6.45) is 2.09. The highest BCUT2D eigenvalue weighted by Gasteiger charge is 2.36. The van der Waals surface area contributed by atoms with Crippen LogP contribution in [0.2, 0.25) is 0 Å². The number of carbonyl (C=O) groups is 1. The zero-order valence-electron chi connectivity index (χ0n) is 6.86. The fourth-order valence-electron chi connectivity index (χ4n) is 1.17. The Morgan fingerprint density at radius 3 is 2.58 bits per heavy atom. The summed E-state index contributed by atoms with van der Waals surface area (Å²) in [6.45, 7) is 1.06. The van der Waals surface area contributed by atoms with E-state index in [9.17, 15) is 4.79 Å². The van der Waals surface area contributed by atoms with Gasteiger partial charge in [0.25, 0.3) is 0 Å². The van der Waals surface area contributed by atoms with Crippen molar-refractivity contribution in [3.63, 3.8) is 0 Å². The standard InChI is InChI=1S/C8H13NO3/c9-7(5-1-2-5)8(10)12-6-3-11-4-6/h5-7H,1-4,9H2. The minimum Gasteiger partial charge on any atom is -0.456 e. The lowest BCUT2D eigenvalue weighted by Gasteiger charge is -2.26. The van der Waals surface area contributed by atoms with Crippen molar-refractivity contribution >= 4 is 5.97 Å². The highest BCUT2D eigenvalue weighted by atomic mass is 16.6. The summed E-state index contributed by atoms with van der Waals surface area (Å²) >= 11 is 0. The second-order valence-electron chi connectivity index (χ2n) is 3.46. The fraction of sp³-hybridized carbons (Fsp3) is 0.875. The van der Waals surface area contributed by atoms with Crippen LogP contribution in [0.15, 0.2) is 0 Å². The number of nitrogens with two attached hydrogens (primary N) is 1. The van der Waals surface area contributed by atoms with E-state index < -0.39 is 6.04 Å². The van der Waals surface area contributed by atoms with Crippen molar-refractivity contribution in [3.8, 4) is 0 Å². The Bertz CT molecular complexity index is 187. The maximum Gasteiger partial charge on any atom is 0.323 e. The largest absolute Gasteiger partial charge is 0.456 e. The van der Waals surface area contributed by atoms with E-state index in [0.717, 1.165) is 12.8 Å². The van der Waals surface area contributed by atoms with Gasteiger partial charge in [-0.2, -0.15) is 0 Å². The van der Waals surface area contributed by atoms with Crippen LogP contribution in [0.1, 0.15) is 12.8 Å². The van der Waals surface area contributed by atoms with E-state index in [1.165, 1.54) is 0 Å². The van der Waals surface area contributed by atoms with Gasteiger partial charge in [-0.05, 0) is 18.8 Å². The number of carbonyl (C=O) groups excluding carboxylic acids is 1. The Morgan fingerprint density at radius 1 is 1.50 bits per heavy atom. The molecule has 68 valence electrons. The maximum atomic E-state index is 11.2. The van der Waals surface area contributed by atoms with Gasteiger partial charge in [-0.25, -0.2) is 0 Å². The summed E-state index contributed by atoms with van der Waals surface area (Å²) in [5.74, 6) is 0.115. The van der Waals surface area contributed by atoms with Gasteiger partial charge < -0.3 is 15.2 Å². The molecule has 4 nitrogen and oxygen atoms in total. The molecular weight excluding hydrogens is 158 g/mol. The second-order valence-corrected chi connectivity index (χ2v) is 3.46. The molecule has 1 aliphatic heterocycles. The Kier molecular flexibility index (Phi) is 2.02. The molecule has 1 saturated heterocycles. The summed E-state index contributed by atoms with van der Waals surface area (Å²) < 4.78 is 9.93. The van der Waals surface area contributed by atoms with E-state index in [0.29, 0.717) is 19.1 Å². The highest BCUT2D eigenvalue weighted by molar-refractivity contribution is 5.76. The third-order valence-corrected chi connectivity index (χ3v) is 2.29. The number of esters is 1. The predicted molar refractivity (Wildman–Crippen MR) is 41.4 cm³/mol. The summed E-state index contributed by atoms with van der Waals surface area (Å²) in [6, 6.07) is -0.398. The van der Waals surface area contributed by atoms with Crippen LogP contribution in [0.25, 0.3) is 0 Å². The first-order valence-corrected chi connectivity index (χ1v) is 4.31. The molecule has 0 bridgehead atoms. The predicted octanol–water partition coefficient (Wildman–Crippen LogP) is -0.334. The minimum atomic E-state index is -0.398. The first-order valence-electron chi connectivity index (χ1n) is 4.31. The molecular formula is C8H13NO3. The van der Waals surface area contributed by atoms with Crippen molar-refractivity contribution in [2.45, 2.75) is 25.0 Å². The van der Waals surface area contributed by atoms with Gasteiger partial charge in [-0.15, -0.1) is 0 Å². The molecule has 0 aromatic rings. The minimum absolute atomic E-state index is 0.0395. The quantitative estimate of drug-likeness (QED) is 0.590. The van der Waals surface area contributed by atoms with Gasteiger partial charge in [-0.1, -0.05) is 0 Å². The molecule has 2 rings (SSSR count). The molecule has 0 spiro atoms. The monoisotopic (exact) mass is 171 g/mol. The molecule has 1 aliphatic carbocycles. The first-order chi connectivity index (χ1) is 5.77. The molecule has 12 heavy (non-hydrogen) atoms. The average Bonchev–Trinajstić information content (AvgIpc) is 2.77. The lowest BCUT2D eigenvalue weighted by atomic mass is 10.2. The Morgan fingerprint density at radius 2 is 2.17 bits per heavy atom. The first kappa shape index (κ1) is 8.01. The van der Waals surface area contributed by atoms with Crippen molar-refractivity contribution in [3.05, 3.63) is 0 Å². The SMILES string of the molecule is NC(C(=O)OC1COC1)C1CC1. The van der Waals surface area contributed by atoms with Crippen LogP contribution in [-0.4, -0.2) is 31.3 Å². The van der Waals surface area contributed by atoms with Gasteiger partial charge in [0.05, 0.1) is 13.2 Å². The Hall–Kier alpha value is -0.610. The van der Waals surface area contributed by atoms with Gasteiger partial charge in [0, 0.05) is 0 Å². The zero-order chi connectivity index (χ0) is 8.55. The van der Waals surface area contributed by atoms with E-state index in [2.05, 4.69) is 0 Å². The van der Waals surface area contributed by atoms with Crippen molar-refractivity contribution < 1.29 is 14.3 Å². The summed E-state index contributed by atoms with van der Waals surface area (Å²) in [7, 11) is 0. The van der Waals surface area contributed by atoms with Crippen LogP contribution in [0, 0.1) is 5.92 Å². The molecule has 4 heteroatoms. The highest BCUT2D eigenvalue weighted by Crippen LogP contribution is 2.32. The van der Waals surface area contributed by atoms with Crippen molar-refractivity contribution in [2.24, 2.45) is 11.7 Å². The van der Waals surface area contributed by atoms with E-state index in [4.69, 9.17) is 15.2 Å². The van der Waals surface area contributed by atoms with Gasteiger partial charge >= 0.3 is 5.97 Å². The van der Waals surface area contributed by atoms with Crippen LogP contribution < -0.4 is 5.73 Å². The maximum absolute atomic E-state index is 11.2. The molecule has 2 fully saturated rings. The van der Waals surface area contributed by atoms with Gasteiger partial charge in [-0.3, -0.25) is 4.79 Å². The third kappa shape index (κ3) is 1.59. The van der Waals surface area contributed by atoms with Crippen LogP contribution >= 0.6 is 0 Å². The smallest absolute Gasteiger partial charge is 0.323 e. The van der Waals surface area contributed by atoms with Gasteiger partial charge in [0.1, 0.15) is 12.1 Å². The molecule has 0 radical (unpaired) electrons. The lowest BCUT2D eigenvalue weighted by molar-refractivity contribution is -0.174. The van der Waals surface area contributed by atoms with E-state index in [-0.39, 0.29) is 12.1 Å². The fourth-order valence-corrected chi connectivity index (χ4v) is 1.17. The van der Waals surface area contributed by atoms with Crippen LogP contribution in [-0.2, 0) is 14.3 Å². The normalized spacial score (nSPS) is 26.1. The van der Waals surface area contributed by atoms with E-state index in [1.54, 1.807) is 0 Å². The molecule has 1 atom stereocenters. The van der Waals surface area contributed by atoms with Crippen LogP contribution in [0.3, 0.4) is 0 Å². The van der Waals surface area contributed by atoms with Crippen molar-refractivity contribution in [1.29, 1.82) is 0 Å². The molecule has 0 aromatic carbocycles. The van der Waals surface area contributed by atoms with E-state index in [1.807, 2.05) is 0 Å². The summed E-state index contributed by atoms with van der Waals surface area (Å²) in [4.78, 5) is 11.2. The molecule has 2 N–H and O–H groups in total. The third-order valence-electron chi connectivity index (χ3n) is 2.29. The molecule has 0 aromatic heterocycles. The molecule has 0 amide bonds. The Labute approximate surface area is 71.0 Å². The Balaban J connectivity index is 1.74. The molecule has 1 heterocycles. The van der Waals surface area contributed by atoms with Gasteiger partial charge in [0.15, 0.2) is 0 Å². The molecule has 2 aliphatic rings. The van der Waals surface area contributed by atoms with Crippen molar-refractivity contribution in [1.82, 2.24) is 0 Å². The number of hydrogen-bond acceptors (Lipinski definition) is 4. The summed E-state index contributed by atoms with van der Waals surface area (Å²) in [5.41, 5.74) is 5.63. The zero-order valence-corrected chi connectivity index (χ0v) is 6.86. The topological polar surface area (TPSA) is 61.6 Å². The van der Waals surface area contributed by atoms with Gasteiger partial charge in [0.2, 0.25) is 0 Å². The lowest BCUT2D eigenvalue weighted by Crippen LogP contribution is -2.43. The number of hydrogen-bond donors (Lipinski definition) is 1. The van der Waals surface area contributed by atoms with Crippen LogP contribution in [0.5, 0.6) is 0 Å². The number of rotatable bonds is 3. The van der Waals surface area contributed by atoms with Crippen molar-refractivity contribution in [2.75, 3.05) is 13.2 Å². The average molecular weight is 171 g/mol.